The summed E-state index contributed by atoms with van der Waals surface area (Å²) in [6.07, 6.45) is 0. The van der Waals surface area contributed by atoms with E-state index in [4.69, 9.17) is 4.74 Å². The van der Waals surface area contributed by atoms with E-state index in [-0.39, 0.29) is 18.1 Å². The van der Waals surface area contributed by atoms with Crippen molar-refractivity contribution in [2.45, 2.75) is 32.9 Å². The van der Waals surface area contributed by atoms with Crippen molar-refractivity contribution in [3.05, 3.63) is 0 Å². The number of carbonyl (C=O) groups excluding carboxylic acids is 1. The average Bonchev–Trinajstić information content (AvgIpc) is 2.14. The summed E-state index contributed by atoms with van der Waals surface area (Å²) in [5.74, 6) is -0.195. The molecule has 0 aliphatic carbocycles. The second kappa shape index (κ2) is 6.79. The van der Waals surface area contributed by atoms with Gasteiger partial charge in [-0.25, -0.2) is 0 Å². The first-order chi connectivity index (χ1) is 6.51. The summed E-state index contributed by atoms with van der Waals surface area (Å²) in [6.45, 7) is 7.70. The first-order valence-electron chi connectivity index (χ1n) is 5.03. The van der Waals surface area contributed by atoms with Crippen LogP contribution >= 0.6 is 0 Å². The zero-order valence-corrected chi connectivity index (χ0v) is 9.83. The Kier molecular flexibility index (Phi) is 6.49. The van der Waals surface area contributed by atoms with Crippen LogP contribution in [0, 0.1) is 0 Å². The highest BCUT2D eigenvalue weighted by atomic mass is 16.5. The first-order valence-corrected chi connectivity index (χ1v) is 5.03. The molecule has 0 aromatic carbocycles. The second-order valence-electron chi connectivity index (χ2n) is 3.75. The van der Waals surface area contributed by atoms with Crippen LogP contribution in [0.2, 0.25) is 0 Å². The SMILES string of the molecule is CCN(C)CC(NC(C)C)C(=O)OC. The molecule has 0 aromatic heterocycles. The van der Waals surface area contributed by atoms with Crippen molar-refractivity contribution >= 4 is 5.97 Å². The predicted molar refractivity (Wildman–Crippen MR) is 57.2 cm³/mol. The number of carbonyl (C=O) groups is 1. The van der Waals surface area contributed by atoms with E-state index in [0.29, 0.717) is 6.54 Å². The number of hydrogen-bond donors (Lipinski definition) is 1. The van der Waals surface area contributed by atoms with E-state index >= 15 is 0 Å². The lowest BCUT2D eigenvalue weighted by molar-refractivity contribution is -0.143. The van der Waals surface area contributed by atoms with Crippen LogP contribution in [0.4, 0.5) is 0 Å². The van der Waals surface area contributed by atoms with Crippen LogP contribution in [0.25, 0.3) is 0 Å². The van der Waals surface area contributed by atoms with Crippen LogP contribution in [0.1, 0.15) is 20.8 Å². The molecule has 0 radical (unpaired) electrons. The molecule has 0 aromatic rings. The monoisotopic (exact) mass is 202 g/mol. The highest BCUT2D eigenvalue weighted by molar-refractivity contribution is 5.75. The van der Waals surface area contributed by atoms with Gasteiger partial charge in [-0.05, 0) is 13.6 Å². The minimum absolute atomic E-state index is 0.195. The number of ether oxygens (including phenoxy) is 1. The summed E-state index contributed by atoms with van der Waals surface area (Å²) < 4.78 is 4.73. The number of nitrogens with one attached hydrogen (secondary N) is 1. The molecule has 0 rings (SSSR count). The number of esters is 1. The van der Waals surface area contributed by atoms with Gasteiger partial charge in [-0.15, -0.1) is 0 Å². The Morgan fingerprint density at radius 3 is 2.43 bits per heavy atom. The molecule has 0 saturated carbocycles. The standard InChI is InChI=1S/C10H22N2O2/c1-6-12(4)7-9(10(13)14-5)11-8(2)3/h8-9,11H,6-7H2,1-5H3. The van der Waals surface area contributed by atoms with E-state index in [9.17, 15) is 4.79 Å². The van der Waals surface area contributed by atoms with Crippen LogP contribution in [-0.4, -0.2) is 50.2 Å². The van der Waals surface area contributed by atoms with E-state index in [1.807, 2.05) is 20.9 Å². The number of rotatable bonds is 6. The summed E-state index contributed by atoms with van der Waals surface area (Å²) >= 11 is 0. The van der Waals surface area contributed by atoms with Crippen LogP contribution in [0.5, 0.6) is 0 Å². The second-order valence-corrected chi connectivity index (χ2v) is 3.75. The highest BCUT2D eigenvalue weighted by Gasteiger charge is 2.20. The van der Waals surface area contributed by atoms with Crippen LogP contribution < -0.4 is 5.32 Å². The molecular formula is C10H22N2O2. The van der Waals surface area contributed by atoms with Gasteiger partial charge in [0.25, 0.3) is 0 Å². The zero-order valence-electron chi connectivity index (χ0n) is 9.83. The van der Waals surface area contributed by atoms with E-state index in [1.54, 1.807) is 0 Å². The van der Waals surface area contributed by atoms with Gasteiger partial charge in [-0.1, -0.05) is 20.8 Å². The molecule has 4 heteroatoms. The summed E-state index contributed by atoms with van der Waals surface area (Å²) in [6, 6.07) is 0.0503. The quantitative estimate of drug-likeness (QED) is 0.636. The first kappa shape index (κ1) is 13.4. The lowest BCUT2D eigenvalue weighted by atomic mass is 10.2. The van der Waals surface area contributed by atoms with Crippen molar-refractivity contribution in [2.24, 2.45) is 0 Å². The zero-order chi connectivity index (χ0) is 11.1. The van der Waals surface area contributed by atoms with Gasteiger partial charge in [0.15, 0.2) is 0 Å². The van der Waals surface area contributed by atoms with Crippen molar-refractivity contribution < 1.29 is 9.53 Å². The van der Waals surface area contributed by atoms with Crippen molar-refractivity contribution in [2.75, 3.05) is 27.2 Å². The molecule has 84 valence electrons. The molecule has 0 aliphatic heterocycles. The van der Waals surface area contributed by atoms with Crippen molar-refractivity contribution in [3.63, 3.8) is 0 Å². The molecule has 0 saturated heterocycles. The fourth-order valence-electron chi connectivity index (χ4n) is 1.18. The number of hydrogen-bond acceptors (Lipinski definition) is 4. The number of nitrogens with zero attached hydrogens (tertiary/aromatic N) is 1. The molecule has 14 heavy (non-hydrogen) atoms. The van der Waals surface area contributed by atoms with Crippen molar-refractivity contribution in [3.8, 4) is 0 Å². The minimum Gasteiger partial charge on any atom is -0.468 e. The van der Waals surface area contributed by atoms with Crippen LogP contribution in [-0.2, 0) is 9.53 Å². The third-order valence-corrected chi connectivity index (χ3v) is 2.05. The summed E-state index contributed by atoms with van der Waals surface area (Å²) in [5.41, 5.74) is 0. The fourth-order valence-corrected chi connectivity index (χ4v) is 1.18. The Bertz CT molecular complexity index is 172. The van der Waals surface area contributed by atoms with Crippen LogP contribution in [0.3, 0.4) is 0 Å². The summed E-state index contributed by atoms with van der Waals surface area (Å²) in [5, 5.41) is 3.18. The normalized spacial score (nSPS) is 13.4. The molecule has 1 N–H and O–H groups in total. The van der Waals surface area contributed by atoms with Gasteiger partial charge in [0, 0.05) is 12.6 Å². The van der Waals surface area contributed by atoms with Gasteiger partial charge < -0.3 is 15.0 Å². The van der Waals surface area contributed by atoms with Gasteiger partial charge in [-0.3, -0.25) is 4.79 Å². The van der Waals surface area contributed by atoms with Crippen molar-refractivity contribution in [1.82, 2.24) is 10.2 Å². The molecule has 0 fully saturated rings. The average molecular weight is 202 g/mol. The van der Waals surface area contributed by atoms with E-state index in [1.165, 1.54) is 7.11 Å². The molecule has 1 unspecified atom stereocenters. The lowest BCUT2D eigenvalue weighted by Gasteiger charge is -2.23. The molecule has 4 nitrogen and oxygen atoms in total. The van der Waals surface area contributed by atoms with E-state index < -0.39 is 0 Å². The molecular weight excluding hydrogens is 180 g/mol. The fraction of sp³-hybridized carbons (Fsp3) is 0.900. The Hall–Kier alpha value is -0.610. The van der Waals surface area contributed by atoms with Crippen LogP contribution in [0.15, 0.2) is 0 Å². The summed E-state index contributed by atoms with van der Waals surface area (Å²) in [4.78, 5) is 13.5. The molecule has 1 atom stereocenters. The van der Waals surface area contributed by atoms with Gasteiger partial charge in [0.1, 0.15) is 6.04 Å². The maximum absolute atomic E-state index is 11.4. The van der Waals surface area contributed by atoms with Gasteiger partial charge in [0.2, 0.25) is 0 Å². The van der Waals surface area contributed by atoms with E-state index in [0.717, 1.165) is 6.54 Å². The molecule has 0 spiro atoms. The van der Waals surface area contributed by atoms with Gasteiger partial charge in [0.05, 0.1) is 7.11 Å². The number of methoxy groups -OCH3 is 1. The maximum Gasteiger partial charge on any atom is 0.324 e. The van der Waals surface area contributed by atoms with Gasteiger partial charge >= 0.3 is 5.97 Å². The minimum atomic E-state index is -0.232. The Morgan fingerprint density at radius 1 is 1.50 bits per heavy atom. The largest absolute Gasteiger partial charge is 0.468 e. The van der Waals surface area contributed by atoms with Crippen molar-refractivity contribution in [1.29, 1.82) is 0 Å². The third kappa shape index (κ3) is 5.19. The number of likely N-dealkylation sites (N-methyl/N-ethyl adjacent to an activating group) is 1. The Morgan fingerprint density at radius 2 is 2.07 bits per heavy atom. The highest BCUT2D eigenvalue weighted by Crippen LogP contribution is 1.94. The molecule has 0 bridgehead atoms. The lowest BCUT2D eigenvalue weighted by Crippen LogP contribution is -2.48. The smallest absolute Gasteiger partial charge is 0.324 e. The Balaban J connectivity index is 4.17. The predicted octanol–water partition coefficient (Wildman–Crippen LogP) is 0.478. The Labute approximate surface area is 86.6 Å². The molecule has 0 heterocycles. The third-order valence-electron chi connectivity index (χ3n) is 2.05. The molecule has 0 amide bonds. The topological polar surface area (TPSA) is 41.6 Å². The summed E-state index contributed by atoms with van der Waals surface area (Å²) in [7, 11) is 3.40. The molecule has 0 aliphatic rings. The van der Waals surface area contributed by atoms with E-state index in [2.05, 4.69) is 17.1 Å². The van der Waals surface area contributed by atoms with Gasteiger partial charge in [-0.2, -0.15) is 0 Å². The maximum atomic E-state index is 11.4.